The van der Waals surface area contributed by atoms with E-state index in [1.165, 1.54) is 0 Å². The van der Waals surface area contributed by atoms with Gasteiger partial charge in [-0.05, 0) is 13.3 Å². The predicted molar refractivity (Wildman–Crippen MR) is 62.5 cm³/mol. The zero-order valence-corrected chi connectivity index (χ0v) is 11.2. The largest absolute Gasteiger partial charge is 0.462 e. The number of carbonyl (C=O) groups excluding carboxylic acids is 2. The number of rotatable bonds is 8. The average molecular weight is 282 g/mol. The Morgan fingerprint density at radius 3 is 2.33 bits per heavy atom. The van der Waals surface area contributed by atoms with Crippen molar-refractivity contribution in [1.82, 2.24) is 0 Å². The second kappa shape index (κ2) is 6.81. The van der Waals surface area contributed by atoms with E-state index in [0.717, 1.165) is 13.3 Å². The van der Waals surface area contributed by atoms with Crippen molar-refractivity contribution in [3.63, 3.8) is 0 Å². The first-order valence-electron chi connectivity index (χ1n) is 5.49. The second-order valence-corrected chi connectivity index (χ2v) is 5.59. The smallest absolute Gasteiger partial charge is 0.345 e. The molecule has 0 aromatic heterocycles. The average Bonchev–Trinajstić information content (AvgIpc) is 2.23. The molecule has 18 heavy (non-hydrogen) atoms. The van der Waals surface area contributed by atoms with Gasteiger partial charge >= 0.3 is 5.97 Å². The van der Waals surface area contributed by atoms with Crippen LogP contribution in [-0.2, 0) is 24.4 Å². The SMILES string of the molecule is CCCCC(=O)C(C)(O)C(=O)OCCS(=O)(=O)O. The number of aliphatic hydroxyl groups is 1. The van der Waals surface area contributed by atoms with Gasteiger partial charge < -0.3 is 9.84 Å². The number of esters is 1. The van der Waals surface area contributed by atoms with Crippen molar-refractivity contribution in [1.29, 1.82) is 0 Å². The molecule has 8 heteroatoms. The molecule has 0 aliphatic heterocycles. The molecule has 0 heterocycles. The van der Waals surface area contributed by atoms with Gasteiger partial charge in [-0.1, -0.05) is 13.3 Å². The third-order valence-corrected chi connectivity index (χ3v) is 2.95. The molecule has 1 unspecified atom stereocenters. The van der Waals surface area contributed by atoms with Gasteiger partial charge in [0, 0.05) is 6.42 Å². The maximum atomic E-state index is 11.5. The monoisotopic (exact) mass is 282 g/mol. The summed E-state index contributed by atoms with van der Waals surface area (Å²) in [5, 5.41) is 9.67. The van der Waals surface area contributed by atoms with Crippen molar-refractivity contribution in [3.05, 3.63) is 0 Å². The van der Waals surface area contributed by atoms with Gasteiger partial charge in [-0.2, -0.15) is 8.42 Å². The highest BCUT2D eigenvalue weighted by Crippen LogP contribution is 2.12. The molecule has 0 aromatic rings. The van der Waals surface area contributed by atoms with Gasteiger partial charge in [-0.3, -0.25) is 9.35 Å². The van der Waals surface area contributed by atoms with Crippen molar-refractivity contribution in [2.45, 2.75) is 38.7 Å². The predicted octanol–water partition coefficient (Wildman–Crippen LogP) is -0.0723. The van der Waals surface area contributed by atoms with E-state index in [9.17, 15) is 23.1 Å². The van der Waals surface area contributed by atoms with Crippen LogP contribution >= 0.6 is 0 Å². The minimum atomic E-state index is -4.24. The van der Waals surface area contributed by atoms with Gasteiger partial charge in [-0.15, -0.1) is 0 Å². The zero-order chi connectivity index (χ0) is 14.4. The van der Waals surface area contributed by atoms with Crippen molar-refractivity contribution in [2.75, 3.05) is 12.4 Å². The third-order valence-electron chi connectivity index (χ3n) is 2.27. The number of ether oxygens (including phenoxy) is 1. The lowest BCUT2D eigenvalue weighted by molar-refractivity contribution is -0.168. The molecule has 106 valence electrons. The van der Waals surface area contributed by atoms with Gasteiger partial charge in [0.25, 0.3) is 10.1 Å². The highest BCUT2D eigenvalue weighted by Gasteiger charge is 2.39. The summed E-state index contributed by atoms with van der Waals surface area (Å²) in [6.45, 7) is 2.24. The van der Waals surface area contributed by atoms with E-state index in [2.05, 4.69) is 4.74 Å². The van der Waals surface area contributed by atoms with Crippen LogP contribution in [0, 0.1) is 0 Å². The van der Waals surface area contributed by atoms with Crippen LogP contribution in [0.15, 0.2) is 0 Å². The fraction of sp³-hybridized carbons (Fsp3) is 0.800. The molecule has 0 bridgehead atoms. The molecule has 0 rings (SSSR count). The lowest BCUT2D eigenvalue weighted by atomic mass is 9.97. The Kier molecular flexibility index (Phi) is 6.44. The van der Waals surface area contributed by atoms with Crippen LogP contribution in [0.4, 0.5) is 0 Å². The number of hydrogen-bond acceptors (Lipinski definition) is 6. The first-order valence-corrected chi connectivity index (χ1v) is 7.10. The summed E-state index contributed by atoms with van der Waals surface area (Å²) in [7, 11) is -4.24. The zero-order valence-electron chi connectivity index (χ0n) is 10.4. The normalized spacial score (nSPS) is 14.9. The van der Waals surface area contributed by atoms with Crippen LogP contribution in [0.3, 0.4) is 0 Å². The summed E-state index contributed by atoms with van der Waals surface area (Å²) < 4.78 is 33.6. The molecule has 1 atom stereocenters. The lowest BCUT2D eigenvalue weighted by Gasteiger charge is -2.19. The lowest BCUT2D eigenvalue weighted by Crippen LogP contribution is -2.45. The van der Waals surface area contributed by atoms with E-state index < -0.39 is 39.8 Å². The van der Waals surface area contributed by atoms with E-state index >= 15 is 0 Å². The Morgan fingerprint density at radius 2 is 1.89 bits per heavy atom. The van der Waals surface area contributed by atoms with E-state index in [1.807, 2.05) is 6.92 Å². The Morgan fingerprint density at radius 1 is 1.33 bits per heavy atom. The minimum Gasteiger partial charge on any atom is -0.462 e. The second-order valence-electron chi connectivity index (χ2n) is 4.02. The maximum absolute atomic E-state index is 11.5. The van der Waals surface area contributed by atoms with Crippen LogP contribution in [0.2, 0.25) is 0 Å². The molecule has 0 fully saturated rings. The summed E-state index contributed by atoms with van der Waals surface area (Å²) in [6.07, 6.45) is 1.31. The Balaban J connectivity index is 4.34. The molecule has 0 saturated heterocycles. The molecular weight excluding hydrogens is 264 g/mol. The summed E-state index contributed by atoms with van der Waals surface area (Å²) in [6, 6.07) is 0. The number of unbranched alkanes of at least 4 members (excludes halogenated alkanes) is 1. The van der Waals surface area contributed by atoms with E-state index in [0.29, 0.717) is 6.42 Å². The number of Topliss-reactive ketones (excluding diaryl/α,β-unsaturated/α-hetero) is 1. The van der Waals surface area contributed by atoms with Gasteiger partial charge in [0.1, 0.15) is 12.4 Å². The Hall–Kier alpha value is -0.990. The molecule has 0 saturated carbocycles. The van der Waals surface area contributed by atoms with Crippen LogP contribution in [0.25, 0.3) is 0 Å². The molecule has 0 amide bonds. The first-order chi connectivity index (χ1) is 8.11. The van der Waals surface area contributed by atoms with Crippen molar-refractivity contribution in [2.24, 2.45) is 0 Å². The first kappa shape index (κ1) is 17.0. The standard InChI is InChI=1S/C10H18O7S/c1-3-4-5-8(11)10(2,13)9(12)17-6-7-18(14,15)16/h13H,3-7H2,1-2H3,(H,14,15,16). The highest BCUT2D eigenvalue weighted by molar-refractivity contribution is 7.85. The summed E-state index contributed by atoms with van der Waals surface area (Å²) in [4.78, 5) is 22.9. The molecule has 0 radical (unpaired) electrons. The summed E-state index contributed by atoms with van der Waals surface area (Å²) in [5.41, 5.74) is -2.28. The Labute approximate surface area is 106 Å². The van der Waals surface area contributed by atoms with Gasteiger partial charge in [0.2, 0.25) is 5.60 Å². The van der Waals surface area contributed by atoms with Crippen molar-refractivity contribution < 1.29 is 32.4 Å². The molecule has 0 spiro atoms. The molecular formula is C10H18O7S. The van der Waals surface area contributed by atoms with Gasteiger partial charge in [0.15, 0.2) is 5.78 Å². The number of ketones is 1. The molecule has 7 nitrogen and oxygen atoms in total. The van der Waals surface area contributed by atoms with E-state index in [1.54, 1.807) is 0 Å². The number of hydrogen-bond donors (Lipinski definition) is 2. The number of carbonyl (C=O) groups is 2. The van der Waals surface area contributed by atoms with Crippen LogP contribution in [-0.4, -0.2) is 47.8 Å². The third kappa shape index (κ3) is 6.08. The van der Waals surface area contributed by atoms with Crippen molar-refractivity contribution >= 4 is 21.9 Å². The Bertz CT molecular complexity index is 396. The van der Waals surface area contributed by atoms with E-state index in [-0.39, 0.29) is 6.42 Å². The topological polar surface area (TPSA) is 118 Å². The van der Waals surface area contributed by atoms with Crippen LogP contribution < -0.4 is 0 Å². The van der Waals surface area contributed by atoms with Crippen LogP contribution in [0.5, 0.6) is 0 Å². The van der Waals surface area contributed by atoms with Gasteiger partial charge in [0.05, 0.1) is 0 Å². The van der Waals surface area contributed by atoms with Crippen molar-refractivity contribution in [3.8, 4) is 0 Å². The molecule has 0 aliphatic carbocycles. The highest BCUT2D eigenvalue weighted by atomic mass is 32.2. The minimum absolute atomic E-state index is 0.0386. The van der Waals surface area contributed by atoms with Crippen LogP contribution in [0.1, 0.15) is 33.1 Å². The quantitative estimate of drug-likeness (QED) is 0.363. The molecule has 0 aliphatic rings. The fourth-order valence-electron chi connectivity index (χ4n) is 1.07. The van der Waals surface area contributed by atoms with E-state index in [4.69, 9.17) is 4.55 Å². The summed E-state index contributed by atoms with van der Waals surface area (Å²) in [5.74, 6) is -2.67. The molecule has 0 aromatic carbocycles. The molecule has 2 N–H and O–H groups in total. The maximum Gasteiger partial charge on any atom is 0.345 e. The fourth-order valence-corrected chi connectivity index (χ4v) is 1.37. The summed E-state index contributed by atoms with van der Waals surface area (Å²) >= 11 is 0. The van der Waals surface area contributed by atoms with Gasteiger partial charge in [-0.25, -0.2) is 4.79 Å².